The van der Waals surface area contributed by atoms with Gasteiger partial charge in [-0.1, -0.05) is 6.07 Å². The van der Waals surface area contributed by atoms with Crippen molar-refractivity contribution < 1.29 is 18.3 Å². The summed E-state index contributed by atoms with van der Waals surface area (Å²) in [6, 6.07) is 5.00. The van der Waals surface area contributed by atoms with Crippen LogP contribution < -0.4 is 11.1 Å². The van der Waals surface area contributed by atoms with Gasteiger partial charge in [0.2, 0.25) is 0 Å². The number of nitrogen functional groups attached to an aromatic ring is 1. The molecule has 0 radical (unpaired) electrons. The van der Waals surface area contributed by atoms with Gasteiger partial charge in [-0.25, -0.2) is 13.2 Å². The lowest BCUT2D eigenvalue weighted by atomic mass is 10.1. The van der Waals surface area contributed by atoms with Crippen LogP contribution in [-0.2, 0) is 22.0 Å². The number of carbonyl (C=O) groups is 1. The largest absolute Gasteiger partial charge is 0.465 e. The zero-order valence-corrected chi connectivity index (χ0v) is 10.8. The van der Waals surface area contributed by atoms with Gasteiger partial charge in [0.15, 0.2) is 9.84 Å². The Morgan fingerprint density at radius 3 is 2.61 bits per heavy atom. The van der Waals surface area contributed by atoms with E-state index in [1.165, 1.54) is 0 Å². The number of nitrogens with two attached hydrogens (primary N) is 1. The van der Waals surface area contributed by atoms with E-state index < -0.39 is 15.9 Å². The topological polar surface area (TPSA) is 109 Å². The number of rotatable bonds is 5. The number of anilines is 1. The molecule has 0 aromatic heterocycles. The third-order valence-corrected chi connectivity index (χ3v) is 3.15. The molecule has 0 aliphatic rings. The van der Waals surface area contributed by atoms with Gasteiger partial charge < -0.3 is 16.2 Å². The van der Waals surface area contributed by atoms with E-state index in [-0.39, 0.29) is 12.3 Å². The van der Waals surface area contributed by atoms with Gasteiger partial charge >= 0.3 is 6.09 Å². The third kappa shape index (κ3) is 5.05. The average molecular weight is 272 g/mol. The summed E-state index contributed by atoms with van der Waals surface area (Å²) in [5, 5.41) is 10.7. The van der Waals surface area contributed by atoms with Gasteiger partial charge in [-0.3, -0.25) is 0 Å². The van der Waals surface area contributed by atoms with E-state index in [9.17, 15) is 13.2 Å². The zero-order chi connectivity index (χ0) is 13.8. The molecule has 0 bridgehead atoms. The van der Waals surface area contributed by atoms with Gasteiger partial charge in [0.1, 0.15) is 0 Å². The second kappa shape index (κ2) is 5.72. The van der Waals surface area contributed by atoms with Crippen molar-refractivity contribution in [3.05, 3.63) is 29.3 Å². The lowest BCUT2D eigenvalue weighted by molar-refractivity contribution is 0.194. The highest BCUT2D eigenvalue weighted by atomic mass is 32.2. The van der Waals surface area contributed by atoms with Gasteiger partial charge in [-0.2, -0.15) is 0 Å². The van der Waals surface area contributed by atoms with E-state index in [0.29, 0.717) is 17.7 Å². The van der Waals surface area contributed by atoms with Gasteiger partial charge in [0.05, 0.1) is 5.75 Å². The van der Waals surface area contributed by atoms with Crippen LogP contribution in [0.25, 0.3) is 0 Å². The van der Waals surface area contributed by atoms with Gasteiger partial charge in [-0.05, 0) is 29.7 Å². The zero-order valence-electron chi connectivity index (χ0n) is 10.0. The smallest absolute Gasteiger partial charge is 0.404 e. The molecule has 7 heteroatoms. The highest BCUT2D eigenvalue weighted by molar-refractivity contribution is 7.89. The number of amides is 1. The Morgan fingerprint density at radius 2 is 2.06 bits per heavy atom. The maximum atomic E-state index is 11.3. The Balaban J connectivity index is 2.86. The van der Waals surface area contributed by atoms with Crippen molar-refractivity contribution in [2.24, 2.45) is 0 Å². The monoisotopic (exact) mass is 272 g/mol. The Bertz CT molecular complexity index is 540. The molecule has 0 saturated carbocycles. The minimum absolute atomic E-state index is 0.0968. The first-order valence-corrected chi connectivity index (χ1v) is 7.36. The van der Waals surface area contributed by atoms with E-state index in [0.717, 1.165) is 11.8 Å². The van der Waals surface area contributed by atoms with Crippen LogP contribution in [0.15, 0.2) is 18.2 Å². The number of benzene rings is 1. The third-order valence-electron chi connectivity index (χ3n) is 2.32. The molecule has 0 atom stereocenters. The predicted octanol–water partition coefficient (Wildman–Crippen LogP) is 0.623. The van der Waals surface area contributed by atoms with E-state index in [2.05, 4.69) is 5.32 Å². The fourth-order valence-corrected chi connectivity index (χ4v) is 2.44. The highest BCUT2D eigenvalue weighted by Gasteiger charge is 2.10. The van der Waals surface area contributed by atoms with Crippen molar-refractivity contribution >= 4 is 21.6 Å². The van der Waals surface area contributed by atoms with Crippen LogP contribution in [0.5, 0.6) is 0 Å². The molecule has 0 aliphatic carbocycles. The van der Waals surface area contributed by atoms with Crippen molar-refractivity contribution in [1.82, 2.24) is 5.32 Å². The molecule has 1 rings (SSSR count). The van der Waals surface area contributed by atoms with E-state index in [1.807, 2.05) is 0 Å². The summed E-state index contributed by atoms with van der Waals surface area (Å²) in [5.74, 6) is -0.0968. The van der Waals surface area contributed by atoms with Crippen LogP contribution in [-0.4, -0.2) is 32.4 Å². The average Bonchev–Trinajstić information content (AvgIpc) is 2.18. The molecule has 0 aliphatic heterocycles. The lowest BCUT2D eigenvalue weighted by Gasteiger charge is -2.10. The van der Waals surface area contributed by atoms with Crippen molar-refractivity contribution in [1.29, 1.82) is 0 Å². The molecular formula is C11H16N2O4S. The Kier molecular flexibility index (Phi) is 4.55. The summed E-state index contributed by atoms with van der Waals surface area (Å²) in [4.78, 5) is 10.3. The van der Waals surface area contributed by atoms with Gasteiger partial charge in [0, 0.05) is 18.5 Å². The summed E-state index contributed by atoms with van der Waals surface area (Å²) in [6.45, 7) is 0.232. The predicted molar refractivity (Wildman–Crippen MR) is 69.1 cm³/mol. The van der Waals surface area contributed by atoms with Crippen LogP contribution >= 0.6 is 0 Å². The van der Waals surface area contributed by atoms with Crippen LogP contribution in [0.2, 0.25) is 0 Å². The fourth-order valence-electron chi connectivity index (χ4n) is 1.61. The summed E-state index contributed by atoms with van der Waals surface area (Å²) in [6.07, 6.45) is 0.475. The number of sulfone groups is 1. The first-order chi connectivity index (χ1) is 8.28. The van der Waals surface area contributed by atoms with Crippen LogP contribution in [0.1, 0.15) is 11.1 Å². The number of nitrogens with one attached hydrogen (secondary N) is 1. The van der Waals surface area contributed by atoms with E-state index in [1.54, 1.807) is 18.2 Å². The molecule has 100 valence electrons. The summed E-state index contributed by atoms with van der Waals surface area (Å²) < 4.78 is 22.6. The second-order valence-corrected chi connectivity index (χ2v) is 6.22. The second-order valence-electron chi connectivity index (χ2n) is 4.08. The molecule has 1 aromatic carbocycles. The minimum Gasteiger partial charge on any atom is -0.465 e. The SMILES string of the molecule is CS(=O)(=O)Cc1cc(N)ccc1CCNC(=O)O. The molecule has 1 aromatic rings. The molecule has 4 N–H and O–H groups in total. The van der Waals surface area contributed by atoms with Crippen LogP contribution in [0.4, 0.5) is 10.5 Å². The van der Waals surface area contributed by atoms with Crippen LogP contribution in [0, 0.1) is 0 Å². The molecule has 0 unspecified atom stereocenters. The molecule has 0 spiro atoms. The Morgan fingerprint density at radius 1 is 1.39 bits per heavy atom. The minimum atomic E-state index is -3.15. The quantitative estimate of drug-likeness (QED) is 0.681. The summed E-state index contributed by atoms with van der Waals surface area (Å²) in [5.41, 5.74) is 7.50. The van der Waals surface area contributed by atoms with Crippen molar-refractivity contribution in [2.45, 2.75) is 12.2 Å². The first-order valence-electron chi connectivity index (χ1n) is 5.30. The van der Waals surface area contributed by atoms with E-state index >= 15 is 0 Å². The summed E-state index contributed by atoms with van der Waals surface area (Å²) in [7, 11) is -3.15. The maximum Gasteiger partial charge on any atom is 0.404 e. The first kappa shape index (κ1) is 14.3. The number of hydrogen-bond acceptors (Lipinski definition) is 4. The van der Waals surface area contributed by atoms with Gasteiger partial charge in [-0.15, -0.1) is 0 Å². The van der Waals surface area contributed by atoms with Crippen molar-refractivity contribution in [3.8, 4) is 0 Å². The van der Waals surface area contributed by atoms with Crippen LogP contribution in [0.3, 0.4) is 0 Å². The molecule has 1 amide bonds. The highest BCUT2D eigenvalue weighted by Crippen LogP contribution is 2.16. The van der Waals surface area contributed by atoms with Crippen molar-refractivity contribution in [3.63, 3.8) is 0 Å². The lowest BCUT2D eigenvalue weighted by Crippen LogP contribution is -2.23. The standard InChI is InChI=1S/C11H16N2O4S/c1-18(16,17)7-9-6-10(12)3-2-8(9)4-5-13-11(14)15/h2-3,6,13H,4-5,7,12H2,1H3,(H,14,15). The Hall–Kier alpha value is -1.76. The van der Waals surface area contributed by atoms with Crippen molar-refractivity contribution in [2.75, 3.05) is 18.5 Å². The molecule has 0 heterocycles. The number of carboxylic acid groups (broad SMARTS) is 1. The number of hydrogen-bond donors (Lipinski definition) is 3. The molecular weight excluding hydrogens is 256 g/mol. The molecule has 18 heavy (non-hydrogen) atoms. The fraction of sp³-hybridized carbons (Fsp3) is 0.364. The molecule has 0 fully saturated rings. The van der Waals surface area contributed by atoms with Gasteiger partial charge in [0.25, 0.3) is 0 Å². The Labute approximate surface area is 106 Å². The summed E-state index contributed by atoms with van der Waals surface area (Å²) >= 11 is 0. The van der Waals surface area contributed by atoms with E-state index in [4.69, 9.17) is 10.8 Å². The molecule has 0 saturated heterocycles. The maximum absolute atomic E-state index is 11.3. The normalized spacial score (nSPS) is 11.2. The molecule has 6 nitrogen and oxygen atoms in total.